The molecule has 158 valence electrons. The third-order valence-electron chi connectivity index (χ3n) is 4.08. The van der Waals surface area contributed by atoms with Gasteiger partial charge in [0.05, 0.1) is 0 Å². The third kappa shape index (κ3) is 5.24. The van der Waals surface area contributed by atoms with Gasteiger partial charge in [0.2, 0.25) is 11.9 Å². The molecular formula is C16H21F6N5O. The summed E-state index contributed by atoms with van der Waals surface area (Å²) in [6, 6.07) is -2.17. The highest BCUT2D eigenvalue weighted by molar-refractivity contribution is 5.64. The number of hydrogen-bond donors (Lipinski definition) is 3. The molecule has 0 aromatic carbocycles. The molecule has 0 saturated heterocycles. The average Bonchev–Trinajstić information content (AvgIpc) is 2.52. The third-order valence-corrected chi connectivity index (χ3v) is 4.08. The number of hydrogen-bond acceptors (Lipinski definition) is 6. The monoisotopic (exact) mass is 413 g/mol. The van der Waals surface area contributed by atoms with E-state index in [1.54, 1.807) is 13.8 Å². The van der Waals surface area contributed by atoms with Crippen molar-refractivity contribution in [2.24, 2.45) is 0 Å². The van der Waals surface area contributed by atoms with Gasteiger partial charge in [0.15, 0.2) is 11.4 Å². The minimum Gasteiger partial charge on any atom is -0.377 e. The maximum Gasteiger partial charge on any atom is 0.420 e. The van der Waals surface area contributed by atoms with Crippen LogP contribution in [-0.2, 0) is 0 Å². The van der Waals surface area contributed by atoms with Crippen LogP contribution in [0, 0.1) is 0 Å². The van der Waals surface area contributed by atoms with E-state index in [9.17, 15) is 31.4 Å². The number of anilines is 2. The molecule has 1 aliphatic carbocycles. The van der Waals surface area contributed by atoms with E-state index in [2.05, 4.69) is 25.6 Å². The molecule has 12 heteroatoms. The average molecular weight is 413 g/mol. The van der Waals surface area contributed by atoms with Crippen molar-refractivity contribution in [1.29, 1.82) is 0 Å². The lowest BCUT2D eigenvalue weighted by Crippen LogP contribution is -2.44. The molecule has 0 aliphatic heterocycles. The lowest BCUT2D eigenvalue weighted by Gasteiger charge is -2.31. The zero-order valence-electron chi connectivity index (χ0n) is 15.4. The van der Waals surface area contributed by atoms with Crippen molar-refractivity contribution >= 4 is 17.5 Å². The predicted octanol–water partition coefficient (Wildman–Crippen LogP) is 3.92. The summed E-state index contributed by atoms with van der Waals surface area (Å²) < 4.78 is 77.9. The van der Waals surface area contributed by atoms with Crippen LogP contribution in [0.5, 0.6) is 0 Å². The normalized spacial score (nSPS) is 22.0. The number of halogens is 6. The Kier molecular flexibility index (Phi) is 6.12. The molecular weight excluding hydrogens is 392 g/mol. The van der Waals surface area contributed by atoms with Crippen molar-refractivity contribution in [3.8, 4) is 0 Å². The first-order chi connectivity index (χ1) is 12.7. The zero-order valence-corrected chi connectivity index (χ0v) is 15.4. The van der Waals surface area contributed by atoms with Crippen LogP contribution in [0.2, 0.25) is 0 Å². The molecule has 3 N–H and O–H groups in total. The van der Waals surface area contributed by atoms with Crippen molar-refractivity contribution in [2.45, 2.75) is 70.1 Å². The molecule has 0 saturated carbocycles. The second-order valence-electron chi connectivity index (χ2n) is 6.96. The summed E-state index contributed by atoms with van der Waals surface area (Å²) in [4.78, 5) is 11.7. The van der Waals surface area contributed by atoms with Crippen molar-refractivity contribution in [3.63, 3.8) is 0 Å². The van der Waals surface area contributed by atoms with Gasteiger partial charge in [-0.05, 0) is 51.7 Å². The van der Waals surface area contributed by atoms with Gasteiger partial charge in [-0.2, -0.15) is 41.3 Å². The van der Waals surface area contributed by atoms with Crippen molar-refractivity contribution in [1.82, 2.24) is 15.0 Å². The lowest BCUT2D eigenvalue weighted by atomic mass is 9.86. The van der Waals surface area contributed by atoms with Crippen LogP contribution < -0.4 is 10.6 Å². The number of alkyl halides is 6. The molecule has 6 nitrogen and oxygen atoms in total. The van der Waals surface area contributed by atoms with Gasteiger partial charge in [-0.3, -0.25) is 0 Å². The number of allylic oxidation sites excluding steroid dienone is 1. The minimum absolute atomic E-state index is 0.0111. The van der Waals surface area contributed by atoms with Gasteiger partial charge in [0.25, 0.3) is 0 Å². The van der Waals surface area contributed by atoms with Crippen molar-refractivity contribution in [3.05, 3.63) is 11.9 Å². The molecule has 1 aromatic rings. The molecule has 2 rings (SSSR count). The standard InChI is InChI=1S/C16H21F6N5O/c1-8(2)23-12-25-11(26-13(27-12)24-9(3)15(17,18)19)10-5-4-6-14(28,7-10)16(20,21)22/h7-9,28H,4-6H2,1-3H3,(H2,23,24,25,26,27)/t9-,14?/m1/s1. The number of nitrogens with one attached hydrogen (secondary N) is 2. The summed E-state index contributed by atoms with van der Waals surface area (Å²) >= 11 is 0. The molecule has 1 heterocycles. The summed E-state index contributed by atoms with van der Waals surface area (Å²) in [5.74, 6) is -0.740. The van der Waals surface area contributed by atoms with E-state index in [4.69, 9.17) is 0 Å². The molecule has 0 radical (unpaired) electrons. The van der Waals surface area contributed by atoms with E-state index in [-0.39, 0.29) is 36.2 Å². The maximum absolute atomic E-state index is 13.2. The predicted molar refractivity (Wildman–Crippen MR) is 90.6 cm³/mol. The van der Waals surface area contributed by atoms with Crippen molar-refractivity contribution in [2.75, 3.05) is 10.6 Å². The molecule has 0 spiro atoms. The fraction of sp³-hybridized carbons (Fsp3) is 0.688. The van der Waals surface area contributed by atoms with Crippen LogP contribution in [0.3, 0.4) is 0 Å². The van der Waals surface area contributed by atoms with E-state index in [0.717, 1.165) is 6.92 Å². The molecule has 1 aromatic heterocycles. The number of nitrogens with zero attached hydrogens (tertiary/aromatic N) is 3. The number of aliphatic hydroxyl groups is 1. The van der Waals surface area contributed by atoms with E-state index in [0.29, 0.717) is 6.08 Å². The lowest BCUT2D eigenvalue weighted by molar-refractivity contribution is -0.242. The summed E-state index contributed by atoms with van der Waals surface area (Å²) in [7, 11) is 0. The summed E-state index contributed by atoms with van der Waals surface area (Å²) in [6.07, 6.45) is -9.20. The van der Waals surface area contributed by atoms with Gasteiger partial charge in [-0.15, -0.1) is 0 Å². The van der Waals surface area contributed by atoms with E-state index in [1.807, 2.05) is 0 Å². The second-order valence-corrected chi connectivity index (χ2v) is 6.96. The van der Waals surface area contributed by atoms with Crippen LogP contribution in [0.25, 0.3) is 5.57 Å². The number of rotatable bonds is 5. The van der Waals surface area contributed by atoms with E-state index >= 15 is 0 Å². The largest absolute Gasteiger partial charge is 0.420 e. The molecule has 0 fully saturated rings. The fourth-order valence-corrected chi connectivity index (χ4v) is 2.56. The second kappa shape index (κ2) is 7.72. The Morgan fingerprint density at radius 3 is 2.07 bits per heavy atom. The van der Waals surface area contributed by atoms with Gasteiger partial charge < -0.3 is 15.7 Å². The van der Waals surface area contributed by atoms with E-state index < -0.39 is 36.4 Å². The molecule has 1 unspecified atom stereocenters. The Hall–Kier alpha value is -2.11. The molecule has 2 atom stereocenters. The van der Waals surface area contributed by atoms with Crippen LogP contribution >= 0.6 is 0 Å². The highest BCUT2D eigenvalue weighted by atomic mass is 19.4. The van der Waals surface area contributed by atoms with Crippen LogP contribution in [-0.4, -0.2) is 50.1 Å². The maximum atomic E-state index is 13.2. The van der Waals surface area contributed by atoms with E-state index in [1.165, 1.54) is 0 Å². The molecule has 0 bridgehead atoms. The summed E-state index contributed by atoms with van der Waals surface area (Å²) in [6.45, 7) is 4.33. The Morgan fingerprint density at radius 1 is 1.00 bits per heavy atom. The summed E-state index contributed by atoms with van der Waals surface area (Å²) in [5, 5.41) is 14.8. The van der Waals surface area contributed by atoms with Crippen LogP contribution in [0.4, 0.5) is 38.2 Å². The first kappa shape index (κ1) is 22.2. The van der Waals surface area contributed by atoms with Crippen LogP contribution in [0.15, 0.2) is 6.08 Å². The Morgan fingerprint density at radius 2 is 1.57 bits per heavy atom. The number of aromatic nitrogens is 3. The SMILES string of the molecule is CC(C)Nc1nc(N[C@H](C)C(F)(F)F)nc(C2=CC(O)(C(F)(F)F)CCC2)n1. The Labute approximate surface area is 157 Å². The van der Waals surface area contributed by atoms with Gasteiger partial charge in [-0.1, -0.05) is 0 Å². The minimum atomic E-state index is -4.89. The first-order valence-electron chi connectivity index (χ1n) is 8.58. The Balaban J connectivity index is 2.46. The van der Waals surface area contributed by atoms with Gasteiger partial charge >= 0.3 is 12.4 Å². The first-order valence-corrected chi connectivity index (χ1v) is 8.58. The topological polar surface area (TPSA) is 83.0 Å². The van der Waals surface area contributed by atoms with Crippen molar-refractivity contribution < 1.29 is 31.4 Å². The smallest absolute Gasteiger partial charge is 0.377 e. The highest BCUT2D eigenvalue weighted by Crippen LogP contribution is 2.41. The molecule has 1 aliphatic rings. The zero-order chi connectivity index (χ0) is 21.3. The van der Waals surface area contributed by atoms with Gasteiger partial charge in [-0.25, -0.2) is 0 Å². The fourth-order valence-electron chi connectivity index (χ4n) is 2.56. The van der Waals surface area contributed by atoms with Gasteiger partial charge in [0.1, 0.15) is 6.04 Å². The quantitative estimate of drug-likeness (QED) is 0.635. The summed E-state index contributed by atoms with van der Waals surface area (Å²) in [5.41, 5.74) is -3.05. The highest BCUT2D eigenvalue weighted by Gasteiger charge is 2.53. The van der Waals surface area contributed by atoms with Gasteiger partial charge in [0, 0.05) is 6.04 Å². The molecule has 28 heavy (non-hydrogen) atoms. The Bertz CT molecular complexity index is 733. The molecule has 0 amide bonds. The van der Waals surface area contributed by atoms with Crippen LogP contribution in [0.1, 0.15) is 45.9 Å².